The third-order valence-corrected chi connectivity index (χ3v) is 3.42. The van der Waals surface area contributed by atoms with E-state index >= 15 is 0 Å². The summed E-state index contributed by atoms with van der Waals surface area (Å²) < 4.78 is 0. The van der Waals surface area contributed by atoms with Crippen molar-refractivity contribution in [1.29, 1.82) is 0 Å². The molecule has 0 spiro atoms. The van der Waals surface area contributed by atoms with Crippen molar-refractivity contribution in [2.45, 2.75) is 13.8 Å². The second-order valence-corrected chi connectivity index (χ2v) is 4.37. The Morgan fingerprint density at radius 1 is 1.44 bits per heavy atom. The Labute approximate surface area is 58.6 Å². The molecular formula is C6H12O2S. The molecule has 0 aromatic heterocycles. The van der Waals surface area contributed by atoms with E-state index in [1.165, 1.54) is 0 Å². The predicted molar refractivity (Wildman–Crippen MR) is 38.3 cm³/mol. The van der Waals surface area contributed by atoms with Gasteiger partial charge >= 0.3 is 0 Å². The summed E-state index contributed by atoms with van der Waals surface area (Å²) in [5.74, 6) is 1.25. The molecule has 9 heavy (non-hydrogen) atoms. The van der Waals surface area contributed by atoms with Crippen LogP contribution >= 0.6 is 0 Å². The Kier molecular flexibility index (Phi) is 4.58. The van der Waals surface area contributed by atoms with Gasteiger partial charge in [-0.1, -0.05) is 0 Å². The average Bonchev–Trinajstić information content (AvgIpc) is 1.82. The van der Waals surface area contributed by atoms with Crippen molar-refractivity contribution in [3.63, 3.8) is 0 Å². The van der Waals surface area contributed by atoms with Gasteiger partial charge in [-0.05, 0) is 24.7 Å². The number of carboxylic acids is 1. The zero-order valence-corrected chi connectivity index (χ0v) is 6.66. The fourth-order valence-corrected chi connectivity index (χ4v) is 1.72. The number of carbonyl (C=O) groups excluding carboxylic acids is 1. The van der Waals surface area contributed by atoms with Gasteiger partial charge in [-0.15, -0.1) is 0 Å². The first kappa shape index (κ1) is 8.82. The maximum Gasteiger partial charge on any atom is 0.147 e. The fraction of sp³-hybridized carbons (Fsp3) is 0.833. The Morgan fingerprint density at radius 3 is 2.00 bits per heavy atom. The molecule has 0 aliphatic carbocycles. The van der Waals surface area contributed by atoms with Crippen LogP contribution in [0.15, 0.2) is 0 Å². The van der Waals surface area contributed by atoms with Gasteiger partial charge in [0.2, 0.25) is 0 Å². The third-order valence-electron chi connectivity index (χ3n) is 1.14. The molecule has 0 saturated heterocycles. The number of carbonyl (C=O) groups is 1. The van der Waals surface area contributed by atoms with Gasteiger partial charge in [0.05, 0.1) is 5.97 Å². The van der Waals surface area contributed by atoms with Crippen LogP contribution in [0.1, 0.15) is 13.8 Å². The number of hydrogen-bond donors (Lipinski definition) is 0. The lowest BCUT2D eigenvalue weighted by Gasteiger charge is -2.02. The van der Waals surface area contributed by atoms with Gasteiger partial charge in [-0.3, -0.25) is 0 Å². The molecule has 0 aliphatic rings. The average molecular weight is 148 g/mol. The SMILES string of the molecule is CC[S+](CC)CC(=O)[O-]. The molecule has 0 saturated carbocycles. The van der Waals surface area contributed by atoms with E-state index in [1.807, 2.05) is 13.8 Å². The molecule has 0 unspecified atom stereocenters. The van der Waals surface area contributed by atoms with Crippen LogP contribution in [0.3, 0.4) is 0 Å². The van der Waals surface area contributed by atoms with Gasteiger partial charge in [-0.2, -0.15) is 0 Å². The molecule has 0 aliphatic heterocycles. The van der Waals surface area contributed by atoms with Crippen LogP contribution in [0, 0.1) is 0 Å². The maximum atomic E-state index is 10.0. The highest BCUT2D eigenvalue weighted by Gasteiger charge is 2.10. The summed E-state index contributed by atoms with van der Waals surface area (Å²) in [7, 11) is 0.0694. The molecule has 0 amide bonds. The summed E-state index contributed by atoms with van der Waals surface area (Å²) in [6.07, 6.45) is 0. The lowest BCUT2D eigenvalue weighted by Crippen LogP contribution is -2.32. The number of rotatable bonds is 4. The molecule has 0 atom stereocenters. The van der Waals surface area contributed by atoms with E-state index < -0.39 is 5.97 Å². The minimum absolute atomic E-state index is 0.0694. The Balaban J connectivity index is 3.43. The van der Waals surface area contributed by atoms with Crippen LogP contribution in [-0.2, 0) is 15.7 Å². The molecule has 0 aromatic carbocycles. The normalized spacial score (nSPS) is 10.1. The third kappa shape index (κ3) is 4.33. The van der Waals surface area contributed by atoms with E-state index in [0.717, 1.165) is 11.5 Å². The summed E-state index contributed by atoms with van der Waals surface area (Å²) in [5.41, 5.74) is 0. The summed E-state index contributed by atoms with van der Waals surface area (Å²) in [6, 6.07) is 0. The van der Waals surface area contributed by atoms with Crippen molar-refractivity contribution in [3.05, 3.63) is 0 Å². The van der Waals surface area contributed by atoms with E-state index in [4.69, 9.17) is 0 Å². The second kappa shape index (κ2) is 4.68. The van der Waals surface area contributed by atoms with E-state index in [2.05, 4.69) is 0 Å². The largest absolute Gasteiger partial charge is 0.545 e. The Morgan fingerprint density at radius 2 is 1.89 bits per heavy atom. The monoisotopic (exact) mass is 148 g/mol. The van der Waals surface area contributed by atoms with Gasteiger partial charge < -0.3 is 9.90 Å². The van der Waals surface area contributed by atoms with Gasteiger partial charge in [0.15, 0.2) is 0 Å². The summed E-state index contributed by atoms with van der Waals surface area (Å²) in [4.78, 5) is 10.0. The molecular weight excluding hydrogens is 136 g/mol. The lowest BCUT2D eigenvalue weighted by atomic mass is 10.8. The first-order valence-corrected chi connectivity index (χ1v) is 4.77. The van der Waals surface area contributed by atoms with E-state index in [1.54, 1.807) is 0 Å². The molecule has 3 heteroatoms. The fourth-order valence-electron chi connectivity index (χ4n) is 0.575. The van der Waals surface area contributed by atoms with E-state index in [0.29, 0.717) is 0 Å². The van der Waals surface area contributed by atoms with Crippen molar-refractivity contribution in [2.75, 3.05) is 17.3 Å². The predicted octanol–water partition coefficient (Wildman–Crippen LogP) is -0.606. The van der Waals surface area contributed by atoms with E-state index in [9.17, 15) is 9.90 Å². The second-order valence-electron chi connectivity index (χ2n) is 1.71. The standard InChI is InChI=1S/C6H12O2S/c1-3-9(4-2)5-6(7)8/h3-5H2,1-2H3. The summed E-state index contributed by atoms with van der Waals surface area (Å²) in [6.45, 7) is 4.02. The number of aliphatic carboxylic acids is 1. The molecule has 0 N–H and O–H groups in total. The first-order chi connectivity index (χ1) is 4.20. The topological polar surface area (TPSA) is 40.1 Å². The van der Waals surface area contributed by atoms with Crippen LogP contribution in [-0.4, -0.2) is 23.2 Å². The van der Waals surface area contributed by atoms with Gasteiger partial charge in [0, 0.05) is 0 Å². The molecule has 0 bridgehead atoms. The van der Waals surface area contributed by atoms with Crippen LogP contribution in [0.5, 0.6) is 0 Å². The summed E-state index contributed by atoms with van der Waals surface area (Å²) in [5, 5.41) is 10.0. The quantitative estimate of drug-likeness (QED) is 0.499. The highest BCUT2D eigenvalue weighted by Crippen LogP contribution is 1.93. The smallest absolute Gasteiger partial charge is 0.147 e. The van der Waals surface area contributed by atoms with Crippen LogP contribution in [0.2, 0.25) is 0 Å². The lowest BCUT2D eigenvalue weighted by molar-refractivity contribution is -0.301. The molecule has 2 nitrogen and oxygen atoms in total. The van der Waals surface area contributed by atoms with Crippen molar-refractivity contribution in [1.82, 2.24) is 0 Å². The minimum atomic E-state index is -0.915. The number of hydrogen-bond acceptors (Lipinski definition) is 2. The van der Waals surface area contributed by atoms with E-state index in [-0.39, 0.29) is 16.6 Å². The number of carboxylic acid groups (broad SMARTS) is 1. The van der Waals surface area contributed by atoms with Gasteiger partial charge in [0.25, 0.3) is 0 Å². The van der Waals surface area contributed by atoms with Crippen LogP contribution in [0.25, 0.3) is 0 Å². The molecule has 0 heterocycles. The molecule has 0 fully saturated rings. The van der Waals surface area contributed by atoms with Crippen molar-refractivity contribution in [2.24, 2.45) is 0 Å². The molecule has 0 aromatic rings. The van der Waals surface area contributed by atoms with Gasteiger partial charge in [0.1, 0.15) is 17.3 Å². The molecule has 54 valence electrons. The zero-order chi connectivity index (χ0) is 7.28. The maximum absolute atomic E-state index is 10.0. The van der Waals surface area contributed by atoms with Crippen LogP contribution in [0.4, 0.5) is 0 Å². The Bertz CT molecular complexity index is 89.1. The van der Waals surface area contributed by atoms with Crippen molar-refractivity contribution in [3.8, 4) is 0 Å². The highest BCUT2D eigenvalue weighted by atomic mass is 32.2. The highest BCUT2D eigenvalue weighted by molar-refractivity contribution is 7.97. The zero-order valence-electron chi connectivity index (χ0n) is 5.85. The van der Waals surface area contributed by atoms with Gasteiger partial charge in [-0.25, -0.2) is 0 Å². The molecule has 0 rings (SSSR count). The van der Waals surface area contributed by atoms with Crippen molar-refractivity contribution >= 4 is 16.9 Å². The minimum Gasteiger partial charge on any atom is -0.545 e. The Hall–Kier alpha value is -0.180. The first-order valence-electron chi connectivity index (χ1n) is 3.04. The van der Waals surface area contributed by atoms with Crippen molar-refractivity contribution < 1.29 is 9.90 Å². The summed E-state index contributed by atoms with van der Waals surface area (Å²) >= 11 is 0. The van der Waals surface area contributed by atoms with Crippen LogP contribution < -0.4 is 5.11 Å². The molecule has 0 radical (unpaired) electrons.